The van der Waals surface area contributed by atoms with E-state index in [-0.39, 0.29) is 24.8 Å². The van der Waals surface area contributed by atoms with Gasteiger partial charge in [-0.1, -0.05) is 0 Å². The lowest BCUT2D eigenvalue weighted by atomic mass is 10.5. The Balaban J connectivity index is 2.80. The van der Waals surface area contributed by atoms with Gasteiger partial charge in [0.25, 0.3) is 0 Å². The first kappa shape index (κ1) is 15.4. The first-order valence-corrected chi connectivity index (χ1v) is 6.54. The molecule has 0 unspecified atom stereocenters. The Labute approximate surface area is 123 Å². The summed E-state index contributed by atoms with van der Waals surface area (Å²) >= 11 is 1.90. The number of aromatic nitrogens is 2. The highest BCUT2D eigenvalue weighted by molar-refractivity contribution is 14.1. The monoisotopic (exact) mass is 380 g/mol. The Morgan fingerprint density at radius 2 is 1.53 bits per heavy atom. The van der Waals surface area contributed by atoms with Gasteiger partial charge in [-0.15, -0.1) is 0 Å². The summed E-state index contributed by atoms with van der Waals surface area (Å²) in [4.78, 5) is 30.4. The van der Waals surface area contributed by atoms with Gasteiger partial charge in [-0.25, -0.2) is 19.6 Å². The quantitative estimate of drug-likeness (QED) is 0.777. The van der Waals surface area contributed by atoms with Crippen LogP contribution in [0.25, 0.3) is 0 Å². The summed E-state index contributed by atoms with van der Waals surface area (Å²) in [6.07, 6.45) is -0.0342. The summed E-state index contributed by atoms with van der Waals surface area (Å²) in [6.45, 7) is 3.89. The van der Waals surface area contributed by atoms with Gasteiger partial charge in [0.05, 0.1) is 16.8 Å². The van der Waals surface area contributed by atoms with Crippen LogP contribution in [0.5, 0.6) is 0 Å². The molecule has 0 aliphatic carbocycles. The van der Waals surface area contributed by atoms with Gasteiger partial charge in [0.2, 0.25) is 0 Å². The van der Waals surface area contributed by atoms with Crippen LogP contribution in [0.3, 0.4) is 0 Å². The smallest absolute Gasteiger partial charge is 0.412 e. The summed E-state index contributed by atoms with van der Waals surface area (Å²) in [7, 11) is 0. The Morgan fingerprint density at radius 3 is 1.89 bits per heavy atom. The minimum absolute atomic E-state index is 0.251. The van der Waals surface area contributed by atoms with E-state index in [1.165, 1.54) is 6.33 Å². The zero-order valence-corrected chi connectivity index (χ0v) is 12.6. The van der Waals surface area contributed by atoms with Crippen LogP contribution >= 0.6 is 22.6 Å². The second kappa shape index (κ2) is 7.71. The molecule has 19 heavy (non-hydrogen) atoms. The van der Waals surface area contributed by atoms with Crippen molar-refractivity contribution in [1.82, 2.24) is 9.97 Å². The van der Waals surface area contributed by atoms with E-state index >= 15 is 0 Å². The average Bonchev–Trinajstić information content (AvgIpc) is 2.35. The normalized spacial score (nSPS) is 9.63. The zero-order chi connectivity index (χ0) is 14.3. The topological polar surface area (TPSA) is 102 Å². The molecule has 2 amide bonds. The van der Waals surface area contributed by atoms with E-state index in [1.807, 2.05) is 22.6 Å². The van der Waals surface area contributed by atoms with Crippen molar-refractivity contribution in [2.75, 3.05) is 23.8 Å². The van der Waals surface area contributed by atoms with Crippen LogP contribution < -0.4 is 10.6 Å². The third kappa shape index (κ3) is 4.85. The minimum Gasteiger partial charge on any atom is -0.450 e. The fraction of sp³-hybridized carbons (Fsp3) is 0.400. The molecule has 0 saturated heterocycles. The second-order valence-corrected chi connectivity index (χ2v) is 4.15. The van der Waals surface area contributed by atoms with Crippen molar-refractivity contribution < 1.29 is 19.1 Å². The molecule has 0 aliphatic rings. The predicted octanol–water partition coefficient (Wildman–Crippen LogP) is 2.22. The van der Waals surface area contributed by atoms with Crippen molar-refractivity contribution in [1.29, 1.82) is 0 Å². The Bertz CT molecular complexity index is 431. The van der Waals surface area contributed by atoms with Crippen LogP contribution in [0, 0.1) is 3.57 Å². The fourth-order valence-corrected chi connectivity index (χ4v) is 1.62. The number of anilines is 2. The van der Waals surface area contributed by atoms with E-state index in [1.54, 1.807) is 13.8 Å². The largest absolute Gasteiger partial charge is 0.450 e. The molecule has 2 N–H and O–H groups in total. The van der Waals surface area contributed by atoms with Crippen molar-refractivity contribution in [3.8, 4) is 0 Å². The molecule has 8 nitrogen and oxygen atoms in total. The molecule has 0 atom stereocenters. The molecule has 9 heteroatoms. The van der Waals surface area contributed by atoms with Gasteiger partial charge < -0.3 is 9.47 Å². The van der Waals surface area contributed by atoms with Crippen LogP contribution in [0.1, 0.15) is 13.8 Å². The van der Waals surface area contributed by atoms with Crippen LogP contribution in [0.2, 0.25) is 0 Å². The highest BCUT2D eigenvalue weighted by Gasteiger charge is 2.14. The number of hydrogen-bond acceptors (Lipinski definition) is 6. The van der Waals surface area contributed by atoms with E-state index in [9.17, 15) is 9.59 Å². The molecule has 1 aromatic rings. The van der Waals surface area contributed by atoms with Gasteiger partial charge in [0, 0.05) is 0 Å². The lowest BCUT2D eigenvalue weighted by Crippen LogP contribution is -2.18. The van der Waals surface area contributed by atoms with Crippen molar-refractivity contribution in [3.05, 3.63) is 9.90 Å². The predicted molar refractivity (Wildman–Crippen MR) is 76.0 cm³/mol. The Kier molecular flexibility index (Phi) is 6.25. The first-order chi connectivity index (χ1) is 9.08. The number of nitrogens with zero attached hydrogens (tertiary/aromatic N) is 2. The van der Waals surface area contributed by atoms with Crippen LogP contribution in [0.15, 0.2) is 6.33 Å². The average molecular weight is 380 g/mol. The first-order valence-electron chi connectivity index (χ1n) is 5.46. The molecular formula is C10H13IN4O4. The number of hydrogen-bond donors (Lipinski definition) is 2. The van der Waals surface area contributed by atoms with Crippen molar-refractivity contribution >= 4 is 46.4 Å². The zero-order valence-electron chi connectivity index (χ0n) is 10.4. The van der Waals surface area contributed by atoms with Crippen LogP contribution in [0.4, 0.5) is 21.2 Å². The van der Waals surface area contributed by atoms with Crippen molar-refractivity contribution in [2.24, 2.45) is 0 Å². The molecule has 0 bridgehead atoms. The molecule has 0 radical (unpaired) electrons. The summed E-state index contributed by atoms with van der Waals surface area (Å²) < 4.78 is 9.94. The van der Waals surface area contributed by atoms with Gasteiger partial charge in [-0.05, 0) is 36.4 Å². The van der Waals surface area contributed by atoms with Gasteiger partial charge in [0.1, 0.15) is 6.33 Å². The number of rotatable bonds is 4. The molecular weight excluding hydrogens is 367 g/mol. The minimum atomic E-state index is -0.624. The van der Waals surface area contributed by atoms with Gasteiger partial charge in [-0.3, -0.25) is 10.6 Å². The second-order valence-electron chi connectivity index (χ2n) is 3.08. The van der Waals surface area contributed by atoms with E-state index in [0.29, 0.717) is 3.57 Å². The number of halogens is 1. The maximum atomic E-state index is 11.3. The highest BCUT2D eigenvalue weighted by atomic mass is 127. The molecule has 0 fully saturated rings. The van der Waals surface area contributed by atoms with E-state index in [0.717, 1.165) is 0 Å². The fourth-order valence-electron chi connectivity index (χ4n) is 1.07. The summed E-state index contributed by atoms with van der Waals surface area (Å²) in [5, 5.41) is 4.89. The SMILES string of the molecule is CCOC(=O)Nc1ncnc(NC(=O)OCC)c1I. The standard InChI is InChI=1S/C10H13IN4O4/c1-3-18-9(16)14-7-6(11)8(13-5-12-7)15-10(17)19-4-2/h5H,3-4H2,1-2H3,(H2,12,13,14,15,16,17). The molecule has 1 heterocycles. The maximum absolute atomic E-state index is 11.3. The molecule has 0 aromatic carbocycles. The van der Waals surface area contributed by atoms with E-state index in [4.69, 9.17) is 9.47 Å². The van der Waals surface area contributed by atoms with Crippen LogP contribution in [-0.2, 0) is 9.47 Å². The summed E-state index contributed by atoms with van der Waals surface area (Å²) in [6, 6.07) is 0. The van der Waals surface area contributed by atoms with E-state index < -0.39 is 12.2 Å². The highest BCUT2D eigenvalue weighted by Crippen LogP contribution is 2.22. The third-order valence-corrected chi connectivity index (χ3v) is 2.80. The number of nitrogens with one attached hydrogen (secondary N) is 2. The summed E-state index contributed by atoms with van der Waals surface area (Å²) in [5.74, 6) is 0.502. The van der Waals surface area contributed by atoms with Gasteiger partial charge in [0.15, 0.2) is 11.6 Å². The van der Waals surface area contributed by atoms with Crippen molar-refractivity contribution in [3.63, 3.8) is 0 Å². The number of carbonyl (C=O) groups is 2. The Morgan fingerprint density at radius 1 is 1.11 bits per heavy atom. The van der Waals surface area contributed by atoms with E-state index in [2.05, 4.69) is 20.6 Å². The molecule has 104 valence electrons. The molecule has 0 aliphatic heterocycles. The van der Waals surface area contributed by atoms with Gasteiger partial charge >= 0.3 is 12.2 Å². The summed E-state index contributed by atoms with van der Waals surface area (Å²) in [5.41, 5.74) is 0. The lowest BCUT2D eigenvalue weighted by molar-refractivity contribution is 0.167. The molecule has 1 aromatic heterocycles. The lowest BCUT2D eigenvalue weighted by Gasteiger charge is -2.10. The number of amides is 2. The third-order valence-electron chi connectivity index (χ3n) is 1.78. The van der Waals surface area contributed by atoms with Crippen LogP contribution in [-0.4, -0.2) is 35.4 Å². The number of carbonyl (C=O) groups excluding carboxylic acids is 2. The molecule has 0 saturated carbocycles. The Hall–Kier alpha value is -1.65. The molecule has 0 spiro atoms. The maximum Gasteiger partial charge on any atom is 0.412 e. The van der Waals surface area contributed by atoms with Crippen molar-refractivity contribution in [2.45, 2.75) is 13.8 Å². The number of ether oxygens (including phenoxy) is 2. The molecule has 1 rings (SSSR count). The van der Waals surface area contributed by atoms with Gasteiger partial charge in [-0.2, -0.15) is 0 Å².